The van der Waals surface area contributed by atoms with Crippen molar-refractivity contribution >= 4 is 17.6 Å². The Morgan fingerprint density at radius 1 is 1.10 bits per heavy atom. The summed E-state index contributed by atoms with van der Waals surface area (Å²) in [4.78, 5) is 37.6. The van der Waals surface area contributed by atoms with Gasteiger partial charge in [-0.15, -0.1) is 0 Å². The highest BCUT2D eigenvalue weighted by molar-refractivity contribution is 5.98. The Bertz CT molecular complexity index is 533. The third-order valence-corrected chi connectivity index (χ3v) is 4.85. The van der Waals surface area contributed by atoms with Gasteiger partial charge in [-0.3, -0.25) is 14.4 Å². The van der Waals surface area contributed by atoms with Crippen molar-refractivity contribution in [2.24, 2.45) is 5.92 Å². The number of rotatable bonds is 16. The van der Waals surface area contributed by atoms with Gasteiger partial charge in [0.1, 0.15) is 12.8 Å². The maximum Gasteiger partial charge on any atom is 0.242 e. The second-order valence-electron chi connectivity index (χ2n) is 8.19. The van der Waals surface area contributed by atoms with E-state index in [-0.39, 0.29) is 43.5 Å². The minimum absolute atomic E-state index is 0.0704. The van der Waals surface area contributed by atoms with Gasteiger partial charge in [0.05, 0.1) is 19.3 Å². The first-order chi connectivity index (χ1) is 13.8. The van der Waals surface area contributed by atoms with Crippen molar-refractivity contribution in [2.45, 2.75) is 83.9 Å². The molecule has 1 aliphatic rings. The zero-order chi connectivity index (χ0) is 21.9. The molecule has 2 amide bonds. The van der Waals surface area contributed by atoms with Crippen LogP contribution < -0.4 is 10.6 Å². The smallest absolute Gasteiger partial charge is 0.242 e. The fraction of sp³-hybridized carbons (Fsp3) is 0.857. The number of amides is 2. The molecule has 0 aliphatic carbocycles. The van der Waals surface area contributed by atoms with Gasteiger partial charge in [-0.25, -0.2) is 0 Å². The maximum atomic E-state index is 13.0. The standard InChI is InChI=1S/C21H38N2O6/c1-6-7-8-9-10-18(24)22-16(4)20(26)23-17(11-15(2)3)19(25)21(13-29-21)12-28-14-27-5/h15-17H,6-14H2,1-5H3,(H,22,24)(H,23,26)/t16-,17-,21+/m0/s1. The topological polar surface area (TPSA) is 106 Å². The number of methoxy groups -OCH3 is 1. The fourth-order valence-electron chi connectivity index (χ4n) is 3.08. The molecule has 1 heterocycles. The van der Waals surface area contributed by atoms with Crippen molar-refractivity contribution in [3.05, 3.63) is 0 Å². The Labute approximate surface area is 174 Å². The lowest BCUT2D eigenvalue weighted by molar-refractivity contribution is -0.135. The number of ketones is 1. The second-order valence-corrected chi connectivity index (χ2v) is 8.19. The van der Waals surface area contributed by atoms with Gasteiger partial charge in [0.25, 0.3) is 0 Å². The molecule has 1 rings (SSSR count). The van der Waals surface area contributed by atoms with Crippen LogP contribution in [-0.2, 0) is 28.6 Å². The lowest BCUT2D eigenvalue weighted by atomic mass is 9.92. The Morgan fingerprint density at radius 3 is 2.34 bits per heavy atom. The summed E-state index contributed by atoms with van der Waals surface area (Å²) in [5.41, 5.74) is -1.02. The minimum Gasteiger partial charge on any atom is -0.359 e. The number of ether oxygens (including phenoxy) is 3. The van der Waals surface area contributed by atoms with Crippen LogP contribution in [0.15, 0.2) is 0 Å². The Kier molecular flexibility index (Phi) is 11.4. The molecule has 0 saturated carbocycles. The van der Waals surface area contributed by atoms with Gasteiger partial charge in [-0.2, -0.15) is 0 Å². The van der Waals surface area contributed by atoms with Gasteiger partial charge in [0, 0.05) is 13.5 Å². The molecule has 8 heteroatoms. The van der Waals surface area contributed by atoms with E-state index in [1.54, 1.807) is 6.92 Å². The van der Waals surface area contributed by atoms with E-state index in [4.69, 9.17) is 14.2 Å². The molecule has 1 fully saturated rings. The van der Waals surface area contributed by atoms with Crippen molar-refractivity contribution < 1.29 is 28.6 Å². The Morgan fingerprint density at radius 2 is 1.79 bits per heavy atom. The van der Waals surface area contributed by atoms with E-state index in [1.807, 2.05) is 13.8 Å². The predicted molar refractivity (Wildman–Crippen MR) is 109 cm³/mol. The van der Waals surface area contributed by atoms with Crippen LogP contribution in [0.25, 0.3) is 0 Å². The van der Waals surface area contributed by atoms with Crippen molar-refractivity contribution in [1.82, 2.24) is 10.6 Å². The molecular formula is C21H38N2O6. The average Bonchev–Trinajstić information content (AvgIpc) is 3.45. The van der Waals surface area contributed by atoms with Crippen molar-refractivity contribution in [1.29, 1.82) is 0 Å². The molecule has 3 atom stereocenters. The summed E-state index contributed by atoms with van der Waals surface area (Å²) >= 11 is 0. The molecule has 0 aromatic rings. The predicted octanol–water partition coefficient (Wildman–Crippen LogP) is 1.95. The molecule has 2 N–H and O–H groups in total. The van der Waals surface area contributed by atoms with Gasteiger partial charge in [-0.05, 0) is 25.7 Å². The second kappa shape index (κ2) is 12.9. The molecule has 0 spiro atoms. The molecule has 168 valence electrons. The monoisotopic (exact) mass is 414 g/mol. The largest absolute Gasteiger partial charge is 0.359 e. The average molecular weight is 415 g/mol. The first-order valence-corrected chi connectivity index (χ1v) is 10.6. The molecule has 8 nitrogen and oxygen atoms in total. The quantitative estimate of drug-likeness (QED) is 0.227. The van der Waals surface area contributed by atoms with Crippen molar-refractivity contribution in [3.8, 4) is 0 Å². The van der Waals surface area contributed by atoms with Crippen LogP contribution in [0.4, 0.5) is 0 Å². The lowest BCUT2D eigenvalue weighted by Gasteiger charge is -2.24. The zero-order valence-corrected chi connectivity index (χ0v) is 18.5. The number of hydrogen-bond acceptors (Lipinski definition) is 6. The van der Waals surface area contributed by atoms with Crippen LogP contribution in [0, 0.1) is 5.92 Å². The van der Waals surface area contributed by atoms with Gasteiger partial charge >= 0.3 is 0 Å². The molecule has 29 heavy (non-hydrogen) atoms. The third kappa shape index (κ3) is 9.23. The normalized spacial score (nSPS) is 20.2. The van der Waals surface area contributed by atoms with E-state index < -0.39 is 17.7 Å². The molecule has 1 saturated heterocycles. The number of hydrogen-bond donors (Lipinski definition) is 2. The van der Waals surface area contributed by atoms with E-state index in [0.29, 0.717) is 12.8 Å². The number of unbranched alkanes of at least 4 members (excludes halogenated alkanes) is 3. The van der Waals surface area contributed by atoms with Crippen molar-refractivity contribution in [3.63, 3.8) is 0 Å². The molecule has 1 aliphatic heterocycles. The van der Waals surface area contributed by atoms with E-state index in [0.717, 1.165) is 25.7 Å². The maximum absolute atomic E-state index is 13.0. The van der Waals surface area contributed by atoms with Gasteiger partial charge in [-0.1, -0.05) is 40.0 Å². The number of nitrogens with one attached hydrogen (secondary N) is 2. The van der Waals surface area contributed by atoms with Gasteiger partial charge in [0.15, 0.2) is 11.4 Å². The zero-order valence-electron chi connectivity index (χ0n) is 18.5. The number of carbonyl (C=O) groups is 3. The Hall–Kier alpha value is -1.51. The third-order valence-electron chi connectivity index (χ3n) is 4.85. The van der Waals surface area contributed by atoms with Gasteiger partial charge < -0.3 is 24.8 Å². The number of carbonyl (C=O) groups excluding carboxylic acids is 3. The molecule has 0 unspecified atom stereocenters. The first-order valence-electron chi connectivity index (χ1n) is 10.6. The molecule has 0 bridgehead atoms. The first kappa shape index (κ1) is 25.5. The summed E-state index contributed by atoms with van der Waals surface area (Å²) in [6.07, 6.45) is 4.90. The SMILES string of the molecule is CCCCCCC(=O)N[C@@H](C)C(=O)N[C@@H](CC(C)C)C(=O)[C@@]1(COCOC)CO1. The van der Waals surface area contributed by atoms with E-state index >= 15 is 0 Å². The highest BCUT2D eigenvalue weighted by atomic mass is 16.7. The molecular weight excluding hydrogens is 376 g/mol. The van der Waals surface area contributed by atoms with Crippen LogP contribution in [0.3, 0.4) is 0 Å². The number of Topliss-reactive ketones (excluding diaryl/α,β-unsaturated/α-hetero) is 1. The van der Waals surface area contributed by atoms with Crippen LogP contribution in [-0.4, -0.2) is 62.4 Å². The van der Waals surface area contributed by atoms with E-state index in [2.05, 4.69) is 17.6 Å². The molecule has 0 radical (unpaired) electrons. The van der Waals surface area contributed by atoms with Crippen molar-refractivity contribution in [2.75, 3.05) is 27.1 Å². The van der Waals surface area contributed by atoms with Gasteiger partial charge in [0.2, 0.25) is 11.8 Å². The van der Waals surface area contributed by atoms with E-state index in [1.165, 1.54) is 7.11 Å². The number of epoxide rings is 1. The fourth-order valence-corrected chi connectivity index (χ4v) is 3.08. The summed E-state index contributed by atoms with van der Waals surface area (Å²) < 4.78 is 15.5. The molecule has 0 aromatic carbocycles. The summed E-state index contributed by atoms with van der Waals surface area (Å²) in [6.45, 7) is 8.13. The summed E-state index contributed by atoms with van der Waals surface area (Å²) in [6, 6.07) is -1.41. The van der Waals surface area contributed by atoms with E-state index in [9.17, 15) is 14.4 Å². The summed E-state index contributed by atoms with van der Waals surface area (Å²) in [5.74, 6) is -0.526. The van der Waals surface area contributed by atoms with Crippen LogP contribution in [0.1, 0.15) is 66.2 Å². The minimum atomic E-state index is -1.02. The summed E-state index contributed by atoms with van der Waals surface area (Å²) in [7, 11) is 1.50. The molecule has 0 aromatic heterocycles. The van der Waals surface area contributed by atoms with Crippen LogP contribution in [0.5, 0.6) is 0 Å². The summed E-state index contributed by atoms with van der Waals surface area (Å²) in [5, 5.41) is 5.51. The highest BCUT2D eigenvalue weighted by Crippen LogP contribution is 2.31. The Balaban J connectivity index is 2.59. The van der Waals surface area contributed by atoms with Crippen LogP contribution in [0.2, 0.25) is 0 Å². The lowest BCUT2D eigenvalue weighted by Crippen LogP contribution is -2.54. The highest BCUT2D eigenvalue weighted by Gasteiger charge is 2.54. The van der Waals surface area contributed by atoms with Crippen LogP contribution >= 0.6 is 0 Å².